The number of benzene rings is 3. The molecule has 1 aliphatic rings. The fraction of sp³-hybridized carbons (Fsp3) is 0.259. The van der Waals surface area contributed by atoms with Crippen LogP contribution in [-0.2, 0) is 6.61 Å². The molecule has 8 heteroatoms. The third-order valence-electron chi connectivity index (χ3n) is 5.61. The van der Waals surface area contributed by atoms with E-state index in [0.717, 1.165) is 28.8 Å². The highest BCUT2D eigenvalue weighted by Crippen LogP contribution is 2.37. The summed E-state index contributed by atoms with van der Waals surface area (Å²) in [5.41, 5.74) is 5.95. The van der Waals surface area contributed by atoms with Gasteiger partial charge in [0.25, 0.3) is 5.91 Å². The minimum absolute atomic E-state index is 0.278. The summed E-state index contributed by atoms with van der Waals surface area (Å²) in [6.07, 6.45) is 3.96. The quantitative estimate of drug-likeness (QED) is 0.243. The lowest BCUT2D eigenvalue weighted by Crippen LogP contribution is -2.19. The molecule has 182 valence electrons. The summed E-state index contributed by atoms with van der Waals surface area (Å²) in [6.45, 7) is 4.83. The van der Waals surface area contributed by atoms with Crippen LogP contribution in [0.15, 0.2) is 70.2 Å². The summed E-state index contributed by atoms with van der Waals surface area (Å²) in [4.78, 5) is 14.8. The SMILES string of the molecule is CCOc1cc(/C=N\NC(=O)c2ccc(N3CCCC3)cc2)cc(Cl)c1OCc1ccc(Br)cc1. The average molecular weight is 557 g/mol. The topological polar surface area (TPSA) is 63.2 Å². The first-order valence-corrected chi connectivity index (χ1v) is 12.7. The zero-order valence-electron chi connectivity index (χ0n) is 19.5. The number of rotatable bonds is 9. The van der Waals surface area contributed by atoms with Crippen molar-refractivity contribution < 1.29 is 14.3 Å². The molecule has 1 saturated heterocycles. The molecule has 0 radical (unpaired) electrons. The van der Waals surface area contributed by atoms with Gasteiger partial charge in [0, 0.05) is 28.8 Å². The Hall–Kier alpha value is -3.03. The summed E-state index contributed by atoms with van der Waals surface area (Å²) >= 11 is 9.93. The standard InChI is InChI=1S/C27H27BrClN3O3/c1-2-34-25-16-20(15-24(29)26(25)35-18-19-5-9-22(28)10-6-19)17-30-31-27(33)21-7-11-23(12-8-21)32-13-3-4-14-32/h5-12,15-17H,2-4,13-14,18H2,1H3,(H,31,33)/b30-17-. The lowest BCUT2D eigenvalue weighted by atomic mass is 10.2. The summed E-state index contributed by atoms with van der Waals surface area (Å²) in [5, 5.41) is 4.50. The van der Waals surface area contributed by atoms with Gasteiger partial charge in [0.1, 0.15) is 6.61 Å². The molecule has 0 aromatic heterocycles. The lowest BCUT2D eigenvalue weighted by molar-refractivity contribution is 0.0955. The van der Waals surface area contributed by atoms with Gasteiger partial charge < -0.3 is 14.4 Å². The molecule has 0 atom stereocenters. The van der Waals surface area contributed by atoms with Crippen LogP contribution in [0, 0.1) is 0 Å². The number of anilines is 1. The summed E-state index contributed by atoms with van der Waals surface area (Å²) in [5.74, 6) is 0.706. The molecule has 1 aliphatic heterocycles. The van der Waals surface area contributed by atoms with Crippen molar-refractivity contribution in [2.75, 3.05) is 24.6 Å². The number of nitrogens with one attached hydrogen (secondary N) is 1. The molecule has 35 heavy (non-hydrogen) atoms. The normalized spacial score (nSPS) is 13.3. The maximum atomic E-state index is 12.5. The van der Waals surface area contributed by atoms with Crippen molar-refractivity contribution in [2.24, 2.45) is 5.10 Å². The van der Waals surface area contributed by atoms with Gasteiger partial charge in [-0.1, -0.05) is 39.7 Å². The van der Waals surface area contributed by atoms with Crippen LogP contribution in [0.1, 0.15) is 41.3 Å². The second-order valence-electron chi connectivity index (χ2n) is 8.12. The summed E-state index contributed by atoms with van der Waals surface area (Å²) in [6, 6.07) is 19.0. The third kappa shape index (κ3) is 6.77. The predicted molar refractivity (Wildman–Crippen MR) is 144 cm³/mol. The lowest BCUT2D eigenvalue weighted by Gasteiger charge is -2.17. The van der Waals surface area contributed by atoms with Gasteiger partial charge in [-0.25, -0.2) is 5.43 Å². The Kier molecular flexibility index (Phi) is 8.66. The van der Waals surface area contributed by atoms with E-state index in [2.05, 4.69) is 31.4 Å². The molecule has 1 N–H and O–H groups in total. The van der Waals surface area contributed by atoms with Gasteiger partial charge in [-0.3, -0.25) is 4.79 Å². The fourth-order valence-corrected chi connectivity index (χ4v) is 4.37. The fourth-order valence-electron chi connectivity index (χ4n) is 3.83. The van der Waals surface area contributed by atoms with E-state index in [1.165, 1.54) is 19.1 Å². The largest absolute Gasteiger partial charge is 0.490 e. The first-order valence-electron chi connectivity index (χ1n) is 11.6. The van der Waals surface area contributed by atoms with Gasteiger partial charge in [0.15, 0.2) is 11.5 Å². The highest BCUT2D eigenvalue weighted by molar-refractivity contribution is 9.10. The van der Waals surface area contributed by atoms with Crippen LogP contribution in [0.4, 0.5) is 5.69 Å². The number of amides is 1. The molecule has 1 amide bonds. The molecular weight excluding hydrogens is 530 g/mol. The van der Waals surface area contributed by atoms with E-state index in [0.29, 0.717) is 40.9 Å². The highest BCUT2D eigenvalue weighted by atomic mass is 79.9. The molecule has 0 spiro atoms. The molecule has 0 bridgehead atoms. The second kappa shape index (κ2) is 12.1. The van der Waals surface area contributed by atoms with Gasteiger partial charge >= 0.3 is 0 Å². The molecule has 1 heterocycles. The van der Waals surface area contributed by atoms with Gasteiger partial charge in [0.2, 0.25) is 0 Å². The van der Waals surface area contributed by atoms with E-state index in [9.17, 15) is 4.79 Å². The van der Waals surface area contributed by atoms with Crippen LogP contribution >= 0.6 is 27.5 Å². The molecule has 0 unspecified atom stereocenters. The number of halogens is 2. The predicted octanol–water partition coefficient (Wildman–Crippen LogP) is 6.44. The summed E-state index contributed by atoms with van der Waals surface area (Å²) < 4.78 is 12.7. The molecule has 4 rings (SSSR count). The minimum Gasteiger partial charge on any atom is -0.490 e. The minimum atomic E-state index is -0.278. The number of hydrogen-bond acceptors (Lipinski definition) is 5. The number of ether oxygens (including phenoxy) is 2. The van der Waals surface area contributed by atoms with Gasteiger partial charge in [-0.15, -0.1) is 0 Å². The first kappa shape index (κ1) is 25.1. The number of nitrogens with zero attached hydrogens (tertiary/aromatic N) is 2. The Labute approximate surface area is 219 Å². The average Bonchev–Trinajstić information content (AvgIpc) is 3.40. The van der Waals surface area contributed by atoms with E-state index in [-0.39, 0.29) is 5.91 Å². The van der Waals surface area contributed by atoms with Gasteiger partial charge in [-0.05, 0) is 79.4 Å². The Morgan fingerprint density at radius 3 is 2.49 bits per heavy atom. The van der Waals surface area contributed by atoms with E-state index in [4.69, 9.17) is 21.1 Å². The van der Waals surface area contributed by atoms with Crippen LogP contribution in [0.3, 0.4) is 0 Å². The Morgan fingerprint density at radius 2 is 1.80 bits per heavy atom. The molecule has 1 fully saturated rings. The van der Waals surface area contributed by atoms with Crippen molar-refractivity contribution in [3.8, 4) is 11.5 Å². The number of hydrogen-bond donors (Lipinski definition) is 1. The van der Waals surface area contributed by atoms with Crippen molar-refractivity contribution in [1.82, 2.24) is 5.43 Å². The van der Waals surface area contributed by atoms with Crippen molar-refractivity contribution in [3.05, 3.63) is 86.8 Å². The van der Waals surface area contributed by atoms with Crippen molar-refractivity contribution in [1.29, 1.82) is 0 Å². The Morgan fingerprint density at radius 1 is 1.09 bits per heavy atom. The molecule has 3 aromatic carbocycles. The Bertz CT molecular complexity index is 1180. The van der Waals surface area contributed by atoms with E-state index >= 15 is 0 Å². The van der Waals surface area contributed by atoms with Crippen LogP contribution in [-0.4, -0.2) is 31.8 Å². The molecule has 0 aliphatic carbocycles. The number of hydrazone groups is 1. The van der Waals surface area contributed by atoms with Crippen LogP contribution < -0.4 is 19.8 Å². The molecule has 0 saturated carbocycles. The van der Waals surface area contributed by atoms with E-state index in [1.807, 2.05) is 55.5 Å². The number of carbonyl (C=O) groups excluding carboxylic acids is 1. The molecule has 3 aromatic rings. The van der Waals surface area contributed by atoms with Crippen molar-refractivity contribution in [2.45, 2.75) is 26.4 Å². The van der Waals surface area contributed by atoms with Crippen molar-refractivity contribution >= 4 is 45.3 Å². The monoisotopic (exact) mass is 555 g/mol. The zero-order chi connectivity index (χ0) is 24.6. The van der Waals surface area contributed by atoms with Gasteiger partial charge in [0.05, 0.1) is 17.8 Å². The zero-order valence-corrected chi connectivity index (χ0v) is 21.8. The van der Waals surface area contributed by atoms with Crippen LogP contribution in [0.2, 0.25) is 5.02 Å². The number of carbonyl (C=O) groups is 1. The highest BCUT2D eigenvalue weighted by Gasteiger charge is 2.14. The van der Waals surface area contributed by atoms with Crippen LogP contribution in [0.5, 0.6) is 11.5 Å². The smallest absolute Gasteiger partial charge is 0.271 e. The van der Waals surface area contributed by atoms with Crippen LogP contribution in [0.25, 0.3) is 0 Å². The molecular formula is C27H27BrClN3O3. The Balaban J connectivity index is 1.40. The maximum absolute atomic E-state index is 12.5. The molecule has 6 nitrogen and oxygen atoms in total. The maximum Gasteiger partial charge on any atom is 0.271 e. The van der Waals surface area contributed by atoms with E-state index < -0.39 is 0 Å². The van der Waals surface area contributed by atoms with Gasteiger partial charge in [-0.2, -0.15) is 5.10 Å². The summed E-state index contributed by atoms with van der Waals surface area (Å²) in [7, 11) is 0. The second-order valence-corrected chi connectivity index (χ2v) is 9.44. The first-order chi connectivity index (χ1) is 17.0. The van der Waals surface area contributed by atoms with Crippen molar-refractivity contribution in [3.63, 3.8) is 0 Å². The van der Waals surface area contributed by atoms with E-state index in [1.54, 1.807) is 12.1 Å². The third-order valence-corrected chi connectivity index (χ3v) is 6.42.